The molecule has 1 aliphatic rings. The zero-order chi connectivity index (χ0) is 23.7. The Morgan fingerprint density at radius 3 is 2.28 bits per heavy atom. The van der Waals surface area contributed by atoms with Crippen LogP contribution in [0, 0.1) is 24.7 Å². The number of alkyl halides is 1. The molecule has 1 fully saturated rings. The summed E-state index contributed by atoms with van der Waals surface area (Å²) in [5.41, 5.74) is 14.6. The summed E-state index contributed by atoms with van der Waals surface area (Å²) in [7, 11) is 1.50. The maximum atomic E-state index is 5.95. The van der Waals surface area contributed by atoms with E-state index in [9.17, 15) is 0 Å². The van der Waals surface area contributed by atoms with Crippen molar-refractivity contribution in [1.82, 2.24) is 0 Å². The summed E-state index contributed by atoms with van der Waals surface area (Å²) < 4.78 is 11.8. The molecule has 174 valence electrons. The van der Waals surface area contributed by atoms with Crippen LogP contribution in [0.3, 0.4) is 0 Å². The summed E-state index contributed by atoms with van der Waals surface area (Å²) in [6.45, 7) is 9.59. The van der Waals surface area contributed by atoms with Gasteiger partial charge < -0.3 is 20.9 Å². The first-order valence-electron chi connectivity index (χ1n) is 11.2. The summed E-state index contributed by atoms with van der Waals surface area (Å²) in [4.78, 5) is 0. The Kier molecular flexibility index (Phi) is 9.90. The van der Waals surface area contributed by atoms with E-state index in [0.29, 0.717) is 24.4 Å². The van der Waals surface area contributed by atoms with E-state index in [0.717, 1.165) is 42.1 Å². The van der Waals surface area contributed by atoms with Crippen LogP contribution in [0.5, 0.6) is 11.5 Å². The van der Waals surface area contributed by atoms with Crippen molar-refractivity contribution in [3.8, 4) is 23.3 Å². The lowest BCUT2D eigenvalue weighted by Crippen LogP contribution is -2.39. The predicted octanol–water partition coefficient (Wildman–Crippen LogP) is 5.00. The van der Waals surface area contributed by atoms with Crippen LogP contribution >= 0.6 is 11.6 Å². The average molecular weight is 457 g/mol. The summed E-state index contributed by atoms with van der Waals surface area (Å²) in [6, 6.07) is 13.1. The van der Waals surface area contributed by atoms with Gasteiger partial charge in [-0.15, -0.1) is 17.5 Å². The fourth-order valence-electron chi connectivity index (χ4n) is 3.97. The maximum absolute atomic E-state index is 5.95. The first kappa shape index (κ1) is 26.1. The zero-order valence-corrected chi connectivity index (χ0v) is 20.8. The molecule has 0 spiro atoms. The van der Waals surface area contributed by atoms with E-state index in [1.54, 1.807) is 0 Å². The number of ether oxygens (including phenoxy) is 2. The molecule has 1 saturated carbocycles. The molecule has 0 amide bonds. The van der Waals surface area contributed by atoms with Crippen LogP contribution in [0.15, 0.2) is 36.4 Å². The molecule has 0 aromatic heterocycles. The third-order valence-corrected chi connectivity index (χ3v) is 6.07. The molecule has 0 atom stereocenters. The second kappa shape index (κ2) is 12.2. The molecule has 0 bridgehead atoms. The zero-order valence-electron chi connectivity index (χ0n) is 20.0. The van der Waals surface area contributed by atoms with Crippen molar-refractivity contribution < 1.29 is 9.47 Å². The van der Waals surface area contributed by atoms with Gasteiger partial charge in [-0.05, 0) is 74.5 Å². The van der Waals surface area contributed by atoms with Gasteiger partial charge in [-0.3, -0.25) is 0 Å². The van der Waals surface area contributed by atoms with Crippen LogP contribution in [0.2, 0.25) is 0 Å². The van der Waals surface area contributed by atoms with Crippen molar-refractivity contribution in [3.05, 3.63) is 58.7 Å². The van der Waals surface area contributed by atoms with Crippen molar-refractivity contribution in [2.45, 2.75) is 52.0 Å². The minimum atomic E-state index is -0.181. The van der Waals surface area contributed by atoms with E-state index in [1.165, 1.54) is 18.2 Å². The molecule has 0 unspecified atom stereocenters. The molecule has 0 heterocycles. The number of benzene rings is 2. The van der Waals surface area contributed by atoms with Crippen LogP contribution in [0.25, 0.3) is 0 Å². The van der Waals surface area contributed by atoms with Gasteiger partial charge in [0.05, 0.1) is 18.1 Å². The highest BCUT2D eigenvalue weighted by molar-refractivity contribution is 6.18. The molecule has 32 heavy (non-hydrogen) atoms. The van der Waals surface area contributed by atoms with E-state index in [1.807, 2.05) is 6.92 Å². The summed E-state index contributed by atoms with van der Waals surface area (Å²) >= 11 is 5.81. The third kappa shape index (κ3) is 6.42. The molecule has 3 rings (SSSR count). The smallest absolute Gasteiger partial charge is 0.137 e. The Balaban J connectivity index is 0.00000176. The Morgan fingerprint density at radius 1 is 1.06 bits per heavy atom. The molecule has 4 N–H and O–H groups in total. The SMILES string of the molecule is CC#Cc1cc(C(C)(C)c2ccc(OCC3CC(N)C3)cc2)cc(C)c1OCCCl.CN. The van der Waals surface area contributed by atoms with Crippen molar-refractivity contribution in [3.63, 3.8) is 0 Å². The van der Waals surface area contributed by atoms with Crippen molar-refractivity contribution in [1.29, 1.82) is 0 Å². The van der Waals surface area contributed by atoms with Gasteiger partial charge in [0.2, 0.25) is 0 Å². The van der Waals surface area contributed by atoms with Gasteiger partial charge in [0.1, 0.15) is 18.1 Å². The molecule has 4 nitrogen and oxygen atoms in total. The normalized spacial score (nSPS) is 17.2. The second-order valence-corrected chi connectivity index (χ2v) is 9.02. The van der Waals surface area contributed by atoms with Crippen LogP contribution in [-0.4, -0.2) is 32.2 Å². The highest BCUT2D eigenvalue weighted by Crippen LogP contribution is 2.36. The molecule has 0 aliphatic heterocycles. The second-order valence-electron chi connectivity index (χ2n) is 8.64. The largest absolute Gasteiger partial charge is 0.493 e. The minimum Gasteiger partial charge on any atom is -0.493 e. The van der Waals surface area contributed by atoms with E-state index in [-0.39, 0.29) is 5.41 Å². The average Bonchev–Trinajstić information content (AvgIpc) is 2.77. The van der Waals surface area contributed by atoms with Crippen LogP contribution in [0.1, 0.15) is 55.9 Å². The Hall–Kier alpha value is -2.19. The highest BCUT2D eigenvalue weighted by atomic mass is 35.5. The van der Waals surface area contributed by atoms with Gasteiger partial charge in [0, 0.05) is 11.5 Å². The van der Waals surface area contributed by atoms with Crippen LogP contribution < -0.4 is 20.9 Å². The molecule has 0 radical (unpaired) electrons. The van der Waals surface area contributed by atoms with Gasteiger partial charge in [-0.1, -0.05) is 38.0 Å². The predicted molar refractivity (Wildman–Crippen MR) is 135 cm³/mol. The molecule has 2 aromatic carbocycles. The van der Waals surface area contributed by atoms with E-state index < -0.39 is 0 Å². The van der Waals surface area contributed by atoms with Crippen LogP contribution in [-0.2, 0) is 5.41 Å². The number of hydrogen-bond donors (Lipinski definition) is 2. The fourth-order valence-corrected chi connectivity index (χ4v) is 4.04. The number of nitrogens with two attached hydrogens (primary N) is 2. The number of halogens is 1. The van der Waals surface area contributed by atoms with E-state index in [2.05, 4.69) is 74.7 Å². The Bertz CT molecular complexity index is 923. The van der Waals surface area contributed by atoms with Gasteiger partial charge in [0.15, 0.2) is 0 Å². The summed E-state index contributed by atoms with van der Waals surface area (Å²) in [5, 5.41) is 0. The Morgan fingerprint density at radius 2 is 1.72 bits per heavy atom. The molecule has 0 saturated heterocycles. The molecule has 5 heteroatoms. The monoisotopic (exact) mass is 456 g/mol. The first-order chi connectivity index (χ1) is 15.3. The topological polar surface area (TPSA) is 70.5 Å². The first-order valence-corrected chi connectivity index (χ1v) is 11.7. The number of aryl methyl sites for hydroxylation is 1. The van der Waals surface area contributed by atoms with Gasteiger partial charge in [-0.2, -0.15) is 0 Å². The molecular weight excluding hydrogens is 420 g/mol. The standard InChI is InChI=1S/C26H32ClNO2.CH5N/c1-5-6-20-16-22(13-18(2)25(20)29-12-11-27)26(3,4)21-7-9-24(10-8-21)30-17-19-14-23(28)15-19;1-2/h7-10,13,16,19,23H,11-12,14-15,17,28H2,1-4H3;2H2,1H3. The van der Waals surface area contributed by atoms with Gasteiger partial charge >= 0.3 is 0 Å². The maximum Gasteiger partial charge on any atom is 0.137 e. The highest BCUT2D eigenvalue weighted by Gasteiger charge is 2.27. The van der Waals surface area contributed by atoms with E-state index in [4.69, 9.17) is 26.8 Å². The lowest BCUT2D eigenvalue weighted by Gasteiger charge is -2.32. The van der Waals surface area contributed by atoms with Crippen molar-refractivity contribution >= 4 is 11.6 Å². The minimum absolute atomic E-state index is 0.181. The lowest BCUT2D eigenvalue weighted by atomic mass is 9.77. The number of rotatable bonds is 8. The van der Waals surface area contributed by atoms with Crippen molar-refractivity contribution in [2.75, 3.05) is 26.1 Å². The lowest BCUT2D eigenvalue weighted by molar-refractivity contribution is 0.160. The fraction of sp³-hybridized carbons (Fsp3) is 0.481. The van der Waals surface area contributed by atoms with Gasteiger partial charge in [0.25, 0.3) is 0 Å². The summed E-state index contributed by atoms with van der Waals surface area (Å²) in [6.07, 6.45) is 2.14. The summed E-state index contributed by atoms with van der Waals surface area (Å²) in [5.74, 6) is 8.98. The quantitative estimate of drug-likeness (QED) is 0.433. The molecule has 1 aliphatic carbocycles. The number of hydrogen-bond acceptors (Lipinski definition) is 4. The van der Waals surface area contributed by atoms with Crippen LogP contribution in [0.4, 0.5) is 0 Å². The molecular formula is C27H37ClN2O2. The van der Waals surface area contributed by atoms with E-state index >= 15 is 0 Å². The van der Waals surface area contributed by atoms with Gasteiger partial charge in [-0.25, -0.2) is 0 Å². The Labute approximate surface area is 198 Å². The molecule has 2 aromatic rings. The van der Waals surface area contributed by atoms with Crippen molar-refractivity contribution in [2.24, 2.45) is 17.4 Å². The third-order valence-electron chi connectivity index (χ3n) is 5.91.